The molecule has 1 aliphatic carbocycles. The van der Waals surface area contributed by atoms with Crippen molar-refractivity contribution in [1.82, 2.24) is 19.9 Å². The summed E-state index contributed by atoms with van der Waals surface area (Å²) in [5.74, 6) is -1.09. The third-order valence-electron chi connectivity index (χ3n) is 6.46. The van der Waals surface area contributed by atoms with Crippen LogP contribution in [-0.4, -0.2) is 44.0 Å². The van der Waals surface area contributed by atoms with Gasteiger partial charge in [-0.15, -0.1) is 11.3 Å². The Bertz CT molecular complexity index is 1430. The number of amides is 1. The van der Waals surface area contributed by atoms with Gasteiger partial charge in [-0.1, -0.05) is 18.2 Å². The van der Waals surface area contributed by atoms with Crippen molar-refractivity contribution in [2.45, 2.75) is 45.6 Å². The van der Waals surface area contributed by atoms with Crippen LogP contribution in [0.2, 0.25) is 0 Å². The monoisotopic (exact) mass is 530 g/mol. The lowest BCUT2D eigenvalue weighted by Gasteiger charge is -2.23. The maximum absolute atomic E-state index is 11.4. The van der Waals surface area contributed by atoms with E-state index in [1.54, 1.807) is 31.3 Å². The van der Waals surface area contributed by atoms with Gasteiger partial charge in [-0.05, 0) is 62.4 Å². The van der Waals surface area contributed by atoms with Crippen LogP contribution < -0.4 is 10.6 Å². The summed E-state index contributed by atoms with van der Waals surface area (Å²) < 4.78 is 0. The van der Waals surface area contributed by atoms with E-state index in [-0.39, 0.29) is 11.5 Å². The Morgan fingerprint density at radius 3 is 2.58 bits per heavy atom. The van der Waals surface area contributed by atoms with Crippen molar-refractivity contribution >= 4 is 28.3 Å². The second kappa shape index (κ2) is 11.9. The largest absolute Gasteiger partial charge is 0.478 e. The number of hydrogen-bond donors (Lipinski definition) is 2. The van der Waals surface area contributed by atoms with Gasteiger partial charge in [-0.2, -0.15) is 0 Å². The van der Waals surface area contributed by atoms with Crippen molar-refractivity contribution in [2.24, 2.45) is 5.73 Å². The van der Waals surface area contributed by atoms with Gasteiger partial charge in [0.05, 0.1) is 22.8 Å². The normalized spacial score (nSPS) is 14.1. The number of benzene rings is 1. The predicted molar refractivity (Wildman–Crippen MR) is 147 cm³/mol. The molecule has 4 aromatic rings. The number of rotatable bonds is 6. The first-order valence-corrected chi connectivity index (χ1v) is 13.1. The highest BCUT2D eigenvalue weighted by Crippen LogP contribution is 2.37. The molecule has 196 valence electrons. The topological polar surface area (TPSA) is 135 Å². The van der Waals surface area contributed by atoms with Crippen LogP contribution in [0.1, 0.15) is 73.4 Å². The van der Waals surface area contributed by atoms with E-state index in [1.165, 1.54) is 24.0 Å². The number of aromatic carboxylic acids is 1. The number of aryl methyl sites for hydroxylation is 3. The number of anilines is 1. The number of thiazole rings is 1. The summed E-state index contributed by atoms with van der Waals surface area (Å²) in [6.45, 7) is 3.98. The minimum atomic E-state index is -0.972. The molecule has 1 atom stereocenters. The van der Waals surface area contributed by atoms with E-state index in [1.807, 2.05) is 37.5 Å². The zero-order valence-electron chi connectivity index (χ0n) is 21.6. The van der Waals surface area contributed by atoms with E-state index in [4.69, 9.17) is 15.8 Å². The Morgan fingerprint density at radius 1 is 1.13 bits per heavy atom. The molecule has 0 radical (unpaired) electrons. The molecule has 1 aliphatic rings. The molecule has 0 aliphatic heterocycles. The van der Waals surface area contributed by atoms with Gasteiger partial charge in [-0.3, -0.25) is 9.78 Å². The summed E-state index contributed by atoms with van der Waals surface area (Å²) in [5.41, 5.74) is 11.8. The number of aromatic nitrogens is 4. The number of nitrogens with two attached hydrogens (primary N) is 1. The first-order valence-electron chi connectivity index (χ1n) is 12.2. The Morgan fingerprint density at radius 2 is 1.89 bits per heavy atom. The fourth-order valence-corrected chi connectivity index (χ4v) is 5.42. The quantitative estimate of drug-likeness (QED) is 0.371. The first-order chi connectivity index (χ1) is 18.2. The van der Waals surface area contributed by atoms with Crippen molar-refractivity contribution in [3.8, 4) is 0 Å². The van der Waals surface area contributed by atoms with Crippen LogP contribution in [0.3, 0.4) is 0 Å². The summed E-state index contributed by atoms with van der Waals surface area (Å²) >= 11 is 1.65. The standard InChI is InChI=1S/C21H22N4OS.C7H8N2O2/c1-25(12-14-5-2-7-16(11-14)20(22)26)21-24-18(13-27-21)17-9-3-6-15-8-4-10-23-19(15)17;1-4-6(7(10)11)5(2)9-3-8-4/h2,4-5,7-8,10-11,13,17H,3,6,9,12H2,1H3,(H2,22,26);3H,1-2H3,(H,10,11). The Hall–Kier alpha value is -4.18. The van der Waals surface area contributed by atoms with E-state index >= 15 is 0 Å². The lowest BCUT2D eigenvalue weighted by molar-refractivity contribution is 0.0694. The number of carbonyl (C=O) groups is 2. The van der Waals surface area contributed by atoms with Crippen LogP contribution >= 0.6 is 11.3 Å². The Balaban J connectivity index is 0.000000257. The third kappa shape index (κ3) is 6.20. The molecule has 0 spiro atoms. The lowest BCUT2D eigenvalue weighted by Crippen LogP contribution is -2.18. The van der Waals surface area contributed by atoms with Gasteiger partial charge in [-0.25, -0.2) is 19.7 Å². The van der Waals surface area contributed by atoms with Crippen LogP contribution in [0, 0.1) is 13.8 Å². The van der Waals surface area contributed by atoms with Crippen LogP contribution in [0.5, 0.6) is 0 Å². The zero-order valence-corrected chi connectivity index (χ0v) is 22.4. The van der Waals surface area contributed by atoms with Crippen molar-refractivity contribution in [2.75, 3.05) is 11.9 Å². The average molecular weight is 531 g/mol. The highest BCUT2D eigenvalue weighted by molar-refractivity contribution is 7.13. The van der Waals surface area contributed by atoms with Gasteiger partial charge in [0.1, 0.15) is 11.9 Å². The summed E-state index contributed by atoms with van der Waals surface area (Å²) in [6, 6.07) is 11.6. The molecule has 0 saturated carbocycles. The number of carboxylic acids is 1. The molecule has 1 aromatic carbocycles. The van der Waals surface area contributed by atoms with Crippen LogP contribution in [0.4, 0.5) is 5.13 Å². The summed E-state index contributed by atoms with van der Waals surface area (Å²) in [5, 5.41) is 11.8. The number of carbonyl (C=O) groups excluding carboxylic acids is 1. The first kappa shape index (κ1) is 26.9. The van der Waals surface area contributed by atoms with E-state index < -0.39 is 11.9 Å². The highest BCUT2D eigenvalue weighted by Gasteiger charge is 2.25. The minimum Gasteiger partial charge on any atom is -0.478 e. The molecule has 0 fully saturated rings. The molecule has 0 bridgehead atoms. The average Bonchev–Trinajstić information content (AvgIpc) is 3.39. The van der Waals surface area contributed by atoms with E-state index in [9.17, 15) is 9.59 Å². The number of hydrogen-bond acceptors (Lipinski definition) is 8. The van der Waals surface area contributed by atoms with Gasteiger partial charge >= 0.3 is 5.97 Å². The molecule has 0 saturated heterocycles. The molecule has 10 heteroatoms. The predicted octanol–water partition coefficient (Wildman–Crippen LogP) is 4.53. The number of primary amides is 1. The third-order valence-corrected chi connectivity index (χ3v) is 7.43. The number of pyridine rings is 1. The fourth-order valence-electron chi connectivity index (χ4n) is 4.58. The van der Waals surface area contributed by atoms with E-state index in [2.05, 4.69) is 31.3 Å². The van der Waals surface area contributed by atoms with Crippen LogP contribution in [-0.2, 0) is 13.0 Å². The Kier molecular flexibility index (Phi) is 8.42. The summed E-state index contributed by atoms with van der Waals surface area (Å²) in [6.07, 6.45) is 6.61. The molecule has 9 nitrogen and oxygen atoms in total. The van der Waals surface area contributed by atoms with Crippen molar-refractivity contribution < 1.29 is 14.7 Å². The molecule has 3 heterocycles. The second-order valence-electron chi connectivity index (χ2n) is 9.19. The van der Waals surface area contributed by atoms with Gasteiger partial charge in [0.2, 0.25) is 5.91 Å². The number of carboxylic acid groups (broad SMARTS) is 1. The maximum Gasteiger partial charge on any atom is 0.339 e. The highest BCUT2D eigenvalue weighted by atomic mass is 32.1. The van der Waals surface area contributed by atoms with Gasteiger partial charge in [0.25, 0.3) is 0 Å². The molecule has 1 unspecified atom stereocenters. The van der Waals surface area contributed by atoms with Crippen molar-refractivity contribution in [3.63, 3.8) is 0 Å². The van der Waals surface area contributed by atoms with E-state index in [0.717, 1.165) is 29.2 Å². The Labute approximate surface area is 225 Å². The van der Waals surface area contributed by atoms with Crippen molar-refractivity contribution in [1.29, 1.82) is 0 Å². The van der Waals surface area contributed by atoms with Gasteiger partial charge in [0, 0.05) is 36.7 Å². The maximum atomic E-state index is 11.4. The molecule has 3 N–H and O–H groups in total. The molecular weight excluding hydrogens is 500 g/mol. The number of nitrogens with zero attached hydrogens (tertiary/aromatic N) is 5. The molecule has 38 heavy (non-hydrogen) atoms. The van der Waals surface area contributed by atoms with Crippen LogP contribution in [0.15, 0.2) is 54.3 Å². The van der Waals surface area contributed by atoms with Crippen LogP contribution in [0.25, 0.3) is 0 Å². The van der Waals surface area contributed by atoms with Gasteiger partial charge in [0.15, 0.2) is 5.13 Å². The smallest absolute Gasteiger partial charge is 0.339 e. The fraction of sp³-hybridized carbons (Fsp3) is 0.286. The molecule has 1 amide bonds. The second-order valence-corrected chi connectivity index (χ2v) is 10.0. The zero-order chi connectivity index (χ0) is 27.2. The SMILES string of the molecule is CN(Cc1cccc(C(N)=O)c1)c1nc(C2CCCc3cccnc32)cs1.Cc1ncnc(C)c1C(=O)O. The number of fused-ring (bicyclic) bond motifs is 1. The molecule has 3 aromatic heterocycles. The van der Waals surface area contributed by atoms with E-state index in [0.29, 0.717) is 23.5 Å². The molecule has 5 rings (SSSR count). The lowest BCUT2D eigenvalue weighted by atomic mass is 9.85. The minimum absolute atomic E-state index is 0.201. The van der Waals surface area contributed by atoms with Crippen molar-refractivity contribution in [3.05, 3.63) is 99.3 Å². The summed E-state index contributed by atoms with van der Waals surface area (Å²) in [4.78, 5) is 41.1. The summed E-state index contributed by atoms with van der Waals surface area (Å²) in [7, 11) is 2.02. The molecular formula is C28H30N6O3S. The van der Waals surface area contributed by atoms with Gasteiger partial charge < -0.3 is 15.7 Å².